The highest BCUT2D eigenvalue weighted by Gasteiger charge is 2.42. The Bertz CT molecular complexity index is 1070. The Kier molecular flexibility index (Phi) is 5.15. The van der Waals surface area contributed by atoms with Gasteiger partial charge in [-0.15, -0.1) is 0 Å². The summed E-state index contributed by atoms with van der Waals surface area (Å²) in [6, 6.07) is 10.2. The van der Waals surface area contributed by atoms with Crippen LogP contribution in [0.15, 0.2) is 48.8 Å². The van der Waals surface area contributed by atoms with Gasteiger partial charge in [-0.05, 0) is 91.3 Å². The van der Waals surface area contributed by atoms with E-state index in [0.717, 1.165) is 36.6 Å². The molecule has 154 valence electrons. The Hall–Kier alpha value is -2.53. The number of nitrogens with zero attached hydrogens (tertiary/aromatic N) is 2. The predicted octanol–water partition coefficient (Wildman–Crippen LogP) is 5.37. The fourth-order valence-electron chi connectivity index (χ4n) is 5.50. The molecule has 1 unspecified atom stereocenters. The number of nitrogens with one attached hydrogen (secondary N) is 1. The number of amides is 1. The second kappa shape index (κ2) is 7.95. The second-order valence-corrected chi connectivity index (χ2v) is 9.10. The van der Waals surface area contributed by atoms with Gasteiger partial charge in [-0.2, -0.15) is 0 Å². The average molecular weight is 424 g/mol. The molecule has 6 heteroatoms. The Labute approximate surface area is 179 Å². The first kappa shape index (κ1) is 19.4. The van der Waals surface area contributed by atoms with Crippen molar-refractivity contribution in [3.63, 3.8) is 0 Å². The molecule has 0 radical (unpaired) electrons. The molecule has 2 aliphatic rings. The first-order valence-electron chi connectivity index (χ1n) is 10.5. The molecule has 3 aromatic rings. The molecule has 2 heterocycles. The molecule has 4 nitrogen and oxygen atoms in total. The van der Waals surface area contributed by atoms with Gasteiger partial charge in [0, 0.05) is 24.3 Å². The molecule has 1 aromatic carbocycles. The summed E-state index contributed by atoms with van der Waals surface area (Å²) < 4.78 is 13.8. The van der Waals surface area contributed by atoms with Crippen LogP contribution in [0.2, 0.25) is 5.02 Å². The van der Waals surface area contributed by atoms with Crippen LogP contribution in [0.3, 0.4) is 0 Å². The lowest BCUT2D eigenvalue weighted by molar-refractivity contribution is 0.0941. The van der Waals surface area contributed by atoms with Crippen LogP contribution >= 0.6 is 11.6 Å². The van der Waals surface area contributed by atoms with Crippen LogP contribution in [0.4, 0.5) is 4.39 Å². The molecule has 0 aliphatic heterocycles. The van der Waals surface area contributed by atoms with Crippen molar-refractivity contribution in [1.82, 2.24) is 15.3 Å². The van der Waals surface area contributed by atoms with Gasteiger partial charge in [0.1, 0.15) is 11.5 Å². The van der Waals surface area contributed by atoms with Gasteiger partial charge in [0.2, 0.25) is 0 Å². The Balaban J connectivity index is 1.20. The number of carbonyl (C=O) groups is 1. The highest BCUT2D eigenvalue weighted by Crippen LogP contribution is 2.53. The van der Waals surface area contributed by atoms with Gasteiger partial charge < -0.3 is 5.32 Å². The minimum atomic E-state index is -0.207. The van der Waals surface area contributed by atoms with Crippen molar-refractivity contribution in [2.75, 3.05) is 6.54 Å². The van der Waals surface area contributed by atoms with Gasteiger partial charge in [0.25, 0.3) is 5.91 Å². The lowest BCUT2D eigenvalue weighted by Crippen LogP contribution is -2.29. The smallest absolute Gasteiger partial charge is 0.269 e. The predicted molar refractivity (Wildman–Crippen MR) is 115 cm³/mol. The Morgan fingerprint density at radius 1 is 1.07 bits per heavy atom. The van der Waals surface area contributed by atoms with Crippen molar-refractivity contribution in [2.24, 2.45) is 17.8 Å². The zero-order valence-electron chi connectivity index (χ0n) is 16.5. The molecule has 0 saturated heterocycles. The molecule has 2 aromatic heterocycles. The number of carbonyl (C=O) groups excluding carboxylic acids is 1. The van der Waals surface area contributed by atoms with Crippen LogP contribution < -0.4 is 5.32 Å². The summed E-state index contributed by atoms with van der Waals surface area (Å²) in [7, 11) is 0. The van der Waals surface area contributed by atoms with E-state index >= 15 is 0 Å². The van der Waals surface area contributed by atoms with E-state index in [4.69, 9.17) is 11.6 Å². The number of hydrogen-bond donors (Lipinski definition) is 1. The second-order valence-electron chi connectivity index (χ2n) is 8.66. The van der Waals surface area contributed by atoms with Crippen LogP contribution in [0.25, 0.3) is 10.9 Å². The topological polar surface area (TPSA) is 54.9 Å². The summed E-state index contributed by atoms with van der Waals surface area (Å²) in [6.45, 7) is 0.685. The third-order valence-electron chi connectivity index (χ3n) is 6.80. The van der Waals surface area contributed by atoms with Gasteiger partial charge in [-0.1, -0.05) is 11.6 Å². The van der Waals surface area contributed by atoms with E-state index in [0.29, 0.717) is 40.9 Å². The molecule has 2 fully saturated rings. The molecule has 0 bridgehead atoms. The first-order chi connectivity index (χ1) is 14.6. The molecule has 5 rings (SSSR count). The van der Waals surface area contributed by atoms with Gasteiger partial charge in [-0.3, -0.25) is 9.78 Å². The maximum absolute atomic E-state index is 13.8. The third-order valence-corrected chi connectivity index (χ3v) is 7.03. The van der Waals surface area contributed by atoms with Crippen LogP contribution in [0.1, 0.15) is 47.7 Å². The standard InChI is InChI=1S/C24H23ClFN3O/c25-18-1-3-23(28-13-18)24(30)29-12-14-7-15-9-17(10-16(15)8-14)20-5-6-27-22-4-2-19(26)11-21(20)22/h1-6,11,13-17H,7-10,12H2,(H,29,30)/t14-,15-,16+,17?. The van der Waals surface area contributed by atoms with Gasteiger partial charge >= 0.3 is 0 Å². The molecule has 4 atom stereocenters. The van der Waals surface area contributed by atoms with Crippen LogP contribution in [0, 0.1) is 23.6 Å². The minimum Gasteiger partial charge on any atom is -0.350 e. The van der Waals surface area contributed by atoms with E-state index in [9.17, 15) is 9.18 Å². The summed E-state index contributed by atoms with van der Waals surface area (Å²) in [5.74, 6) is 1.95. The number of pyridine rings is 2. The Morgan fingerprint density at radius 2 is 1.87 bits per heavy atom. The minimum absolute atomic E-state index is 0.146. The van der Waals surface area contributed by atoms with Crippen molar-refractivity contribution in [2.45, 2.75) is 31.6 Å². The monoisotopic (exact) mass is 423 g/mol. The first-order valence-corrected chi connectivity index (χ1v) is 10.9. The maximum atomic E-state index is 13.8. The van der Waals surface area contributed by atoms with Crippen molar-refractivity contribution < 1.29 is 9.18 Å². The number of hydrogen-bond acceptors (Lipinski definition) is 3. The largest absolute Gasteiger partial charge is 0.350 e. The zero-order valence-corrected chi connectivity index (χ0v) is 17.3. The molecule has 1 amide bonds. The van der Waals surface area contributed by atoms with Crippen molar-refractivity contribution in [3.8, 4) is 0 Å². The van der Waals surface area contributed by atoms with Crippen molar-refractivity contribution in [1.29, 1.82) is 0 Å². The third kappa shape index (κ3) is 3.79. The number of fused-ring (bicyclic) bond motifs is 2. The van der Waals surface area contributed by atoms with Crippen molar-refractivity contribution >= 4 is 28.4 Å². The fraction of sp³-hybridized carbons (Fsp3) is 0.375. The Morgan fingerprint density at radius 3 is 2.60 bits per heavy atom. The zero-order chi connectivity index (χ0) is 20.7. The number of halogens is 2. The lowest BCUT2D eigenvalue weighted by Gasteiger charge is -2.17. The molecule has 1 N–H and O–H groups in total. The van der Waals surface area contributed by atoms with E-state index < -0.39 is 0 Å². The summed E-state index contributed by atoms with van der Waals surface area (Å²) >= 11 is 5.83. The number of benzene rings is 1. The molecule has 2 saturated carbocycles. The fourth-order valence-corrected chi connectivity index (χ4v) is 5.61. The summed E-state index contributed by atoms with van der Waals surface area (Å²) in [6.07, 6.45) is 7.85. The molecular formula is C24H23ClFN3O. The van der Waals surface area contributed by atoms with Gasteiger partial charge in [-0.25, -0.2) is 9.37 Å². The highest BCUT2D eigenvalue weighted by molar-refractivity contribution is 6.30. The SMILES string of the molecule is O=C(NC[C@H]1C[C@H]2CC(c3ccnc4ccc(F)cc34)C[C@H]2C1)c1ccc(Cl)cn1. The number of rotatable bonds is 4. The van der Waals surface area contributed by atoms with E-state index in [1.165, 1.54) is 17.8 Å². The average Bonchev–Trinajstić information content (AvgIpc) is 3.31. The molecular weight excluding hydrogens is 401 g/mol. The molecule has 2 aliphatic carbocycles. The summed E-state index contributed by atoms with van der Waals surface area (Å²) in [5, 5.41) is 4.50. The lowest BCUT2D eigenvalue weighted by atomic mass is 9.90. The number of aromatic nitrogens is 2. The molecule has 0 spiro atoms. The highest BCUT2D eigenvalue weighted by atomic mass is 35.5. The van der Waals surface area contributed by atoms with Crippen LogP contribution in [-0.2, 0) is 0 Å². The molecule has 30 heavy (non-hydrogen) atoms. The quantitative estimate of drug-likeness (QED) is 0.613. The van der Waals surface area contributed by atoms with E-state index in [1.54, 1.807) is 24.3 Å². The summed E-state index contributed by atoms with van der Waals surface area (Å²) in [4.78, 5) is 20.8. The summed E-state index contributed by atoms with van der Waals surface area (Å²) in [5.41, 5.74) is 2.49. The van der Waals surface area contributed by atoms with E-state index in [2.05, 4.69) is 21.4 Å². The van der Waals surface area contributed by atoms with E-state index in [-0.39, 0.29) is 11.7 Å². The van der Waals surface area contributed by atoms with Gasteiger partial charge in [0.05, 0.1) is 10.5 Å². The normalized spacial score (nSPS) is 25.4. The van der Waals surface area contributed by atoms with Crippen molar-refractivity contribution in [3.05, 3.63) is 70.9 Å². The van der Waals surface area contributed by atoms with Crippen LogP contribution in [-0.4, -0.2) is 22.4 Å². The van der Waals surface area contributed by atoms with E-state index in [1.807, 2.05) is 6.20 Å². The van der Waals surface area contributed by atoms with Crippen LogP contribution in [0.5, 0.6) is 0 Å². The van der Waals surface area contributed by atoms with Gasteiger partial charge in [0.15, 0.2) is 0 Å². The maximum Gasteiger partial charge on any atom is 0.269 e.